The summed E-state index contributed by atoms with van der Waals surface area (Å²) in [7, 11) is 0. The molecule has 0 aromatic carbocycles. The molecule has 1 fully saturated rings. The zero-order valence-corrected chi connectivity index (χ0v) is 17.2. The maximum absolute atomic E-state index is 12.6. The smallest absolute Gasteiger partial charge is 0.281 e. The maximum atomic E-state index is 12.6. The molecule has 3 rings (SSSR count). The first-order valence-corrected chi connectivity index (χ1v) is 9.75. The van der Waals surface area contributed by atoms with Crippen molar-refractivity contribution in [1.29, 1.82) is 0 Å². The average Bonchev–Trinajstić information content (AvgIpc) is 2.97. The van der Waals surface area contributed by atoms with Crippen molar-refractivity contribution in [3.8, 4) is 0 Å². The second-order valence-electron chi connectivity index (χ2n) is 7.27. The number of carbonyl (C=O) groups is 2. The Labute approximate surface area is 165 Å². The van der Waals surface area contributed by atoms with Gasteiger partial charge in [-0.05, 0) is 39.3 Å². The Hall–Kier alpha value is -2.61. The summed E-state index contributed by atoms with van der Waals surface area (Å²) in [6.07, 6.45) is 1.06. The van der Waals surface area contributed by atoms with E-state index in [1.165, 1.54) is 0 Å². The molecule has 0 bridgehead atoms. The average molecular weight is 384 g/mol. The molecule has 0 aliphatic carbocycles. The zero-order valence-electron chi connectivity index (χ0n) is 17.2. The van der Waals surface area contributed by atoms with Crippen LogP contribution < -0.4 is 0 Å². The van der Waals surface area contributed by atoms with Gasteiger partial charge in [0.15, 0.2) is 0 Å². The Morgan fingerprint density at radius 2 is 1.79 bits per heavy atom. The van der Waals surface area contributed by atoms with Crippen LogP contribution in [-0.2, 0) is 16.0 Å². The van der Waals surface area contributed by atoms with Gasteiger partial charge in [-0.1, -0.05) is 13.5 Å². The lowest BCUT2D eigenvalue weighted by atomic mass is 10.1. The minimum atomic E-state index is -0.391. The summed E-state index contributed by atoms with van der Waals surface area (Å²) in [6.45, 7) is 15.9. The SMILES string of the molecule is C=C1C(=O)N=C(n2nc(C)c(CCC(=O)N3CCN(CC)CC3)c2C)N=C1C. The molecule has 1 saturated heterocycles. The molecule has 8 nitrogen and oxygen atoms in total. The molecule has 0 N–H and O–H groups in total. The molecule has 0 spiro atoms. The van der Waals surface area contributed by atoms with Gasteiger partial charge in [0.05, 0.1) is 17.0 Å². The van der Waals surface area contributed by atoms with Crippen LogP contribution in [0.3, 0.4) is 0 Å². The molecule has 0 atom stereocenters. The van der Waals surface area contributed by atoms with Crippen LogP contribution in [0.2, 0.25) is 0 Å². The van der Waals surface area contributed by atoms with Gasteiger partial charge in [0.1, 0.15) is 0 Å². The third-order valence-corrected chi connectivity index (χ3v) is 5.56. The van der Waals surface area contributed by atoms with Gasteiger partial charge in [-0.2, -0.15) is 10.1 Å². The highest BCUT2D eigenvalue weighted by Crippen LogP contribution is 2.18. The number of aliphatic imine (C=N–C) groups is 2. The van der Waals surface area contributed by atoms with Crippen LogP contribution in [0.15, 0.2) is 22.1 Å². The summed E-state index contributed by atoms with van der Waals surface area (Å²) < 4.78 is 1.59. The van der Waals surface area contributed by atoms with Crippen molar-refractivity contribution in [2.24, 2.45) is 9.98 Å². The lowest BCUT2D eigenvalue weighted by molar-refractivity contribution is -0.132. The van der Waals surface area contributed by atoms with Crippen LogP contribution in [0.1, 0.15) is 37.2 Å². The molecule has 0 saturated carbocycles. The fourth-order valence-corrected chi connectivity index (χ4v) is 3.59. The van der Waals surface area contributed by atoms with E-state index >= 15 is 0 Å². The fourth-order valence-electron chi connectivity index (χ4n) is 3.59. The highest BCUT2D eigenvalue weighted by atomic mass is 16.2. The lowest BCUT2D eigenvalue weighted by Crippen LogP contribution is -2.48. The molecule has 1 aromatic rings. The predicted molar refractivity (Wildman–Crippen MR) is 109 cm³/mol. The molecule has 8 heteroatoms. The second kappa shape index (κ2) is 8.18. The van der Waals surface area contributed by atoms with Crippen molar-refractivity contribution in [2.45, 2.75) is 40.5 Å². The van der Waals surface area contributed by atoms with Crippen molar-refractivity contribution in [2.75, 3.05) is 32.7 Å². The van der Waals surface area contributed by atoms with Crippen LogP contribution in [0, 0.1) is 13.8 Å². The number of piperazine rings is 1. The Bertz CT molecular complexity index is 872. The molecule has 1 aromatic heterocycles. The van der Waals surface area contributed by atoms with Gasteiger partial charge in [-0.25, -0.2) is 9.67 Å². The first-order chi connectivity index (χ1) is 13.3. The third kappa shape index (κ3) is 3.96. The number of hydrogen-bond acceptors (Lipinski definition) is 5. The molecule has 150 valence electrons. The van der Waals surface area contributed by atoms with Crippen LogP contribution in [0.25, 0.3) is 0 Å². The molecular formula is C20H28N6O2. The van der Waals surface area contributed by atoms with Gasteiger partial charge in [0.2, 0.25) is 5.91 Å². The van der Waals surface area contributed by atoms with Crippen LogP contribution in [-0.4, -0.2) is 75.8 Å². The lowest BCUT2D eigenvalue weighted by Gasteiger charge is -2.34. The van der Waals surface area contributed by atoms with Gasteiger partial charge in [-0.15, -0.1) is 0 Å². The molecule has 2 aliphatic rings. The van der Waals surface area contributed by atoms with E-state index in [-0.39, 0.29) is 11.9 Å². The van der Waals surface area contributed by atoms with E-state index < -0.39 is 5.91 Å². The summed E-state index contributed by atoms with van der Waals surface area (Å²) in [4.78, 5) is 37.2. The van der Waals surface area contributed by atoms with Gasteiger partial charge >= 0.3 is 0 Å². The van der Waals surface area contributed by atoms with Crippen molar-refractivity contribution in [3.63, 3.8) is 0 Å². The van der Waals surface area contributed by atoms with Gasteiger partial charge in [-0.3, -0.25) is 9.59 Å². The van der Waals surface area contributed by atoms with E-state index in [4.69, 9.17) is 0 Å². The summed E-state index contributed by atoms with van der Waals surface area (Å²) in [5.74, 6) is 0.0411. The first kappa shape index (κ1) is 20.1. The molecule has 0 radical (unpaired) electrons. The molecular weight excluding hydrogens is 356 g/mol. The van der Waals surface area contributed by atoms with E-state index in [2.05, 4.69) is 33.5 Å². The predicted octanol–water partition coefficient (Wildman–Crippen LogP) is 1.36. The van der Waals surface area contributed by atoms with Crippen molar-refractivity contribution >= 4 is 23.5 Å². The van der Waals surface area contributed by atoms with Crippen molar-refractivity contribution in [1.82, 2.24) is 19.6 Å². The summed E-state index contributed by atoms with van der Waals surface area (Å²) in [5, 5.41) is 4.50. The monoisotopic (exact) mass is 384 g/mol. The topological polar surface area (TPSA) is 83.2 Å². The number of nitrogens with zero attached hydrogens (tertiary/aromatic N) is 6. The number of carbonyl (C=O) groups excluding carboxylic acids is 2. The van der Waals surface area contributed by atoms with E-state index in [0.717, 1.165) is 49.7 Å². The van der Waals surface area contributed by atoms with E-state index in [1.807, 2.05) is 18.7 Å². The summed E-state index contributed by atoms with van der Waals surface area (Å²) in [6, 6.07) is 0. The molecule has 3 heterocycles. The zero-order chi connectivity index (χ0) is 20.4. The Morgan fingerprint density at radius 3 is 2.39 bits per heavy atom. The summed E-state index contributed by atoms with van der Waals surface area (Å²) >= 11 is 0. The Balaban J connectivity index is 1.69. The van der Waals surface area contributed by atoms with Crippen LogP contribution in [0.5, 0.6) is 0 Å². The van der Waals surface area contributed by atoms with Crippen LogP contribution in [0.4, 0.5) is 0 Å². The standard InChI is InChI=1S/C20H28N6O2/c1-6-24-9-11-25(12-10-24)18(27)8-7-17-15(4)23-26(16(17)5)20-21-14(3)13(2)19(28)22-20/h2,6-12H2,1,3-5H3. The van der Waals surface area contributed by atoms with Gasteiger partial charge in [0, 0.05) is 38.3 Å². The van der Waals surface area contributed by atoms with E-state index in [0.29, 0.717) is 24.1 Å². The molecule has 0 unspecified atom stereocenters. The third-order valence-electron chi connectivity index (χ3n) is 5.56. The first-order valence-electron chi connectivity index (χ1n) is 9.75. The molecule has 2 amide bonds. The maximum Gasteiger partial charge on any atom is 0.281 e. The molecule has 2 aliphatic heterocycles. The quantitative estimate of drug-likeness (QED) is 0.734. The Morgan fingerprint density at radius 1 is 1.11 bits per heavy atom. The van der Waals surface area contributed by atoms with Gasteiger partial charge in [0.25, 0.3) is 11.9 Å². The summed E-state index contributed by atoms with van der Waals surface area (Å²) in [5.41, 5.74) is 3.54. The number of amides is 2. The van der Waals surface area contributed by atoms with Crippen molar-refractivity contribution in [3.05, 3.63) is 29.1 Å². The largest absolute Gasteiger partial charge is 0.340 e. The number of aryl methyl sites for hydroxylation is 1. The highest BCUT2D eigenvalue weighted by Gasteiger charge is 2.24. The number of rotatable bonds is 4. The number of likely N-dealkylation sites (N-methyl/N-ethyl adjacent to an activating group) is 1. The fraction of sp³-hybridized carbons (Fsp3) is 0.550. The number of hydrogen-bond donors (Lipinski definition) is 0. The van der Waals surface area contributed by atoms with E-state index in [9.17, 15) is 9.59 Å². The Kier molecular flexibility index (Phi) is 5.88. The minimum absolute atomic E-state index is 0.178. The number of aromatic nitrogens is 2. The van der Waals surface area contributed by atoms with Crippen molar-refractivity contribution < 1.29 is 9.59 Å². The second-order valence-corrected chi connectivity index (χ2v) is 7.27. The highest BCUT2D eigenvalue weighted by molar-refractivity contribution is 6.27. The van der Waals surface area contributed by atoms with Crippen LogP contribution >= 0.6 is 0 Å². The molecule has 28 heavy (non-hydrogen) atoms. The van der Waals surface area contributed by atoms with E-state index in [1.54, 1.807) is 11.6 Å². The minimum Gasteiger partial charge on any atom is -0.340 e. The normalized spacial score (nSPS) is 18.4. The van der Waals surface area contributed by atoms with Gasteiger partial charge < -0.3 is 9.80 Å².